The normalized spacial score (nSPS) is 15.0. The smallest absolute Gasteiger partial charge is 0.176 e. The molecule has 0 aliphatic heterocycles. The third kappa shape index (κ3) is 12.2. The van der Waals surface area contributed by atoms with Crippen LogP contribution < -0.4 is 0 Å². The molecule has 0 aliphatic carbocycles. The van der Waals surface area contributed by atoms with Gasteiger partial charge in [0.05, 0.1) is 0 Å². The molecule has 0 aromatic rings. The fourth-order valence-corrected chi connectivity index (χ4v) is 2.04. The minimum atomic E-state index is -0.340. The molecular weight excluding hydrogens is 328 g/mol. The molecule has 0 saturated carbocycles. The molecule has 148 valence electrons. The van der Waals surface area contributed by atoms with Crippen LogP contribution in [-0.4, -0.2) is 67.8 Å². The molecule has 7 heteroatoms. The van der Waals surface area contributed by atoms with Crippen molar-refractivity contribution in [3.63, 3.8) is 0 Å². The zero-order valence-electron chi connectivity index (χ0n) is 16.3. The molecular formula is C18H34O7. The standard InChI is InChI=1S/C18H34O7/c1-19-15(20-2)11-7-9-13-17(23-5)25-18(24-6)14-10-8-12-16(21-3)22-4/h7-8,11-12,15-18H,9-10,13-14H2,1-6H3/b11-7-,12-8-. The third-order valence-corrected chi connectivity index (χ3v) is 3.48. The van der Waals surface area contributed by atoms with Gasteiger partial charge in [-0.15, -0.1) is 0 Å². The van der Waals surface area contributed by atoms with Gasteiger partial charge in [0.1, 0.15) is 0 Å². The van der Waals surface area contributed by atoms with Crippen LogP contribution >= 0.6 is 0 Å². The molecule has 0 aliphatic rings. The molecule has 2 atom stereocenters. The summed E-state index contributed by atoms with van der Waals surface area (Å²) in [5.41, 5.74) is 0. The summed E-state index contributed by atoms with van der Waals surface area (Å²) < 4.78 is 36.9. The second-order valence-electron chi connectivity index (χ2n) is 5.16. The predicted molar refractivity (Wildman–Crippen MR) is 95.0 cm³/mol. The van der Waals surface area contributed by atoms with Crippen LogP contribution in [0.25, 0.3) is 0 Å². The van der Waals surface area contributed by atoms with E-state index in [0.29, 0.717) is 12.8 Å². The summed E-state index contributed by atoms with van der Waals surface area (Å²) in [5.74, 6) is 0. The average Bonchev–Trinajstić information content (AvgIpc) is 2.65. The molecule has 0 spiro atoms. The highest BCUT2D eigenvalue weighted by molar-refractivity contribution is 4.86. The van der Waals surface area contributed by atoms with Crippen LogP contribution in [0.15, 0.2) is 24.3 Å². The number of methoxy groups -OCH3 is 6. The summed E-state index contributed by atoms with van der Waals surface area (Å²) in [6.45, 7) is 0. The van der Waals surface area contributed by atoms with Crippen molar-refractivity contribution < 1.29 is 33.2 Å². The Bertz CT molecular complexity index is 306. The second kappa shape index (κ2) is 16.7. The zero-order chi connectivity index (χ0) is 18.9. The highest BCUT2D eigenvalue weighted by Crippen LogP contribution is 2.13. The molecule has 0 heterocycles. The van der Waals surface area contributed by atoms with E-state index in [1.807, 2.05) is 24.3 Å². The minimum absolute atomic E-state index is 0.330. The van der Waals surface area contributed by atoms with Crippen LogP contribution in [0.3, 0.4) is 0 Å². The molecule has 25 heavy (non-hydrogen) atoms. The molecule has 7 nitrogen and oxygen atoms in total. The van der Waals surface area contributed by atoms with Gasteiger partial charge in [0, 0.05) is 55.5 Å². The second-order valence-corrected chi connectivity index (χ2v) is 5.16. The van der Waals surface area contributed by atoms with E-state index in [1.54, 1.807) is 42.7 Å². The van der Waals surface area contributed by atoms with Gasteiger partial charge in [0.2, 0.25) is 0 Å². The quantitative estimate of drug-likeness (QED) is 0.309. The number of ether oxygens (including phenoxy) is 7. The molecule has 0 amide bonds. The van der Waals surface area contributed by atoms with Gasteiger partial charge in [0.25, 0.3) is 0 Å². The van der Waals surface area contributed by atoms with Crippen LogP contribution in [0, 0.1) is 0 Å². The van der Waals surface area contributed by atoms with E-state index in [4.69, 9.17) is 33.2 Å². The first-order valence-electron chi connectivity index (χ1n) is 8.30. The van der Waals surface area contributed by atoms with Crippen LogP contribution in [0.4, 0.5) is 0 Å². The lowest BCUT2D eigenvalue weighted by Crippen LogP contribution is -2.25. The van der Waals surface area contributed by atoms with E-state index in [2.05, 4.69) is 0 Å². The van der Waals surface area contributed by atoms with Crippen LogP contribution in [0.2, 0.25) is 0 Å². The van der Waals surface area contributed by atoms with Gasteiger partial charge < -0.3 is 33.2 Å². The summed E-state index contributed by atoms with van der Waals surface area (Å²) in [4.78, 5) is 0. The van der Waals surface area contributed by atoms with Gasteiger partial charge in [-0.3, -0.25) is 0 Å². The Balaban J connectivity index is 4.19. The largest absolute Gasteiger partial charge is 0.356 e. The molecule has 0 rings (SSSR count). The minimum Gasteiger partial charge on any atom is -0.356 e. The van der Waals surface area contributed by atoms with Gasteiger partial charge >= 0.3 is 0 Å². The van der Waals surface area contributed by atoms with Crippen molar-refractivity contribution >= 4 is 0 Å². The van der Waals surface area contributed by atoms with Gasteiger partial charge in [-0.05, 0) is 25.0 Å². The number of allylic oxidation sites excluding steroid dienone is 2. The third-order valence-electron chi connectivity index (χ3n) is 3.48. The van der Waals surface area contributed by atoms with Crippen LogP contribution in [-0.2, 0) is 33.2 Å². The Kier molecular flexibility index (Phi) is 16.1. The highest BCUT2D eigenvalue weighted by atomic mass is 16.8. The van der Waals surface area contributed by atoms with Gasteiger partial charge in [-0.2, -0.15) is 0 Å². The zero-order valence-corrected chi connectivity index (χ0v) is 16.3. The van der Waals surface area contributed by atoms with Crippen molar-refractivity contribution in [2.24, 2.45) is 0 Å². The molecule has 0 fully saturated rings. The Hall–Kier alpha value is -0.800. The maximum Gasteiger partial charge on any atom is 0.176 e. The lowest BCUT2D eigenvalue weighted by atomic mass is 10.2. The van der Waals surface area contributed by atoms with E-state index >= 15 is 0 Å². The monoisotopic (exact) mass is 362 g/mol. The molecule has 0 aromatic heterocycles. The van der Waals surface area contributed by atoms with Crippen molar-refractivity contribution in [3.8, 4) is 0 Å². The summed E-state index contributed by atoms with van der Waals surface area (Å²) in [6.07, 6.45) is 9.30. The molecule has 0 bridgehead atoms. The molecule has 0 aromatic carbocycles. The fourth-order valence-electron chi connectivity index (χ4n) is 2.04. The summed E-state index contributed by atoms with van der Waals surface area (Å²) in [5, 5.41) is 0. The molecule has 0 radical (unpaired) electrons. The summed E-state index contributed by atoms with van der Waals surface area (Å²) in [6, 6.07) is 0. The lowest BCUT2D eigenvalue weighted by molar-refractivity contribution is -0.232. The van der Waals surface area contributed by atoms with E-state index < -0.39 is 0 Å². The maximum absolute atomic E-state index is 5.83. The van der Waals surface area contributed by atoms with Crippen molar-refractivity contribution in [1.82, 2.24) is 0 Å². The predicted octanol–water partition coefficient (Wildman–Crippen LogP) is 2.86. The Morgan fingerprint density at radius 1 is 0.560 bits per heavy atom. The number of rotatable bonds is 16. The Morgan fingerprint density at radius 3 is 1.20 bits per heavy atom. The number of hydrogen-bond donors (Lipinski definition) is 0. The van der Waals surface area contributed by atoms with E-state index in [0.717, 1.165) is 12.8 Å². The molecule has 0 N–H and O–H groups in total. The molecule has 0 saturated heterocycles. The van der Waals surface area contributed by atoms with Gasteiger partial charge in [-0.25, -0.2) is 0 Å². The lowest BCUT2D eigenvalue weighted by Gasteiger charge is -2.22. The topological polar surface area (TPSA) is 64.6 Å². The van der Waals surface area contributed by atoms with Crippen molar-refractivity contribution in [2.75, 3.05) is 42.7 Å². The summed E-state index contributed by atoms with van der Waals surface area (Å²) in [7, 11) is 9.63. The van der Waals surface area contributed by atoms with Gasteiger partial charge in [0.15, 0.2) is 25.2 Å². The van der Waals surface area contributed by atoms with Crippen molar-refractivity contribution in [2.45, 2.75) is 50.8 Å². The van der Waals surface area contributed by atoms with Crippen LogP contribution in [0.5, 0.6) is 0 Å². The first kappa shape index (κ1) is 24.2. The van der Waals surface area contributed by atoms with E-state index in [1.165, 1.54) is 0 Å². The maximum atomic E-state index is 5.83. The first-order valence-corrected chi connectivity index (χ1v) is 8.30. The SMILES string of the molecule is COC(/C=C\CCC(OC)OC(CC/C=C\C(OC)OC)OC)OC. The van der Waals surface area contributed by atoms with E-state index in [-0.39, 0.29) is 25.2 Å². The number of hydrogen-bond acceptors (Lipinski definition) is 7. The van der Waals surface area contributed by atoms with Crippen molar-refractivity contribution in [3.05, 3.63) is 24.3 Å². The Labute approximate surface area is 151 Å². The van der Waals surface area contributed by atoms with Crippen LogP contribution in [0.1, 0.15) is 25.7 Å². The fraction of sp³-hybridized carbons (Fsp3) is 0.778. The van der Waals surface area contributed by atoms with E-state index in [9.17, 15) is 0 Å². The van der Waals surface area contributed by atoms with Crippen molar-refractivity contribution in [1.29, 1.82) is 0 Å². The first-order chi connectivity index (χ1) is 12.1. The highest BCUT2D eigenvalue weighted by Gasteiger charge is 2.14. The average molecular weight is 362 g/mol. The Morgan fingerprint density at radius 2 is 0.920 bits per heavy atom. The molecule has 2 unspecified atom stereocenters. The van der Waals surface area contributed by atoms with Gasteiger partial charge in [-0.1, -0.05) is 12.2 Å². The summed E-state index contributed by atoms with van der Waals surface area (Å²) >= 11 is 0.